The number of esters is 1. The molecular formula is C26H32N2O3. The molecule has 2 heterocycles. The van der Waals surface area contributed by atoms with Gasteiger partial charge in [0.15, 0.2) is 0 Å². The molecule has 0 N–H and O–H groups in total. The second-order valence-electron chi connectivity index (χ2n) is 8.60. The lowest BCUT2D eigenvalue weighted by molar-refractivity contribution is -0.156. The van der Waals surface area contributed by atoms with Crippen molar-refractivity contribution in [2.45, 2.75) is 50.1 Å². The summed E-state index contributed by atoms with van der Waals surface area (Å²) in [5.41, 5.74) is 1.89. The number of methoxy groups -OCH3 is 1. The molecule has 2 aromatic rings. The maximum Gasteiger partial charge on any atom is 0.328 e. The lowest BCUT2D eigenvalue weighted by Crippen LogP contribution is -2.56. The Bertz CT molecular complexity index is 825. The third-order valence-electron chi connectivity index (χ3n) is 6.75. The van der Waals surface area contributed by atoms with Crippen LogP contribution in [0.15, 0.2) is 60.7 Å². The Morgan fingerprint density at radius 1 is 0.871 bits per heavy atom. The van der Waals surface area contributed by atoms with E-state index in [4.69, 9.17) is 4.74 Å². The van der Waals surface area contributed by atoms with Crippen LogP contribution >= 0.6 is 0 Å². The molecule has 0 spiro atoms. The van der Waals surface area contributed by atoms with Crippen LogP contribution in [0.5, 0.6) is 0 Å². The van der Waals surface area contributed by atoms with Gasteiger partial charge in [0.05, 0.1) is 13.0 Å². The molecule has 5 heteroatoms. The Morgan fingerprint density at radius 2 is 1.45 bits per heavy atom. The molecule has 0 radical (unpaired) electrons. The Hall–Kier alpha value is -2.66. The van der Waals surface area contributed by atoms with E-state index in [0.717, 1.165) is 30.6 Å². The molecule has 2 aliphatic rings. The number of nitrogens with zero attached hydrogens (tertiary/aromatic N) is 2. The van der Waals surface area contributed by atoms with E-state index in [9.17, 15) is 9.59 Å². The molecule has 5 nitrogen and oxygen atoms in total. The summed E-state index contributed by atoms with van der Waals surface area (Å²) in [6.45, 7) is 2.75. The van der Waals surface area contributed by atoms with Gasteiger partial charge in [0, 0.05) is 12.6 Å². The predicted octanol–water partition coefficient (Wildman–Crippen LogP) is 3.84. The number of piperidine rings is 2. The van der Waals surface area contributed by atoms with Crippen molar-refractivity contribution in [3.05, 3.63) is 71.8 Å². The van der Waals surface area contributed by atoms with Gasteiger partial charge in [-0.25, -0.2) is 4.79 Å². The molecule has 31 heavy (non-hydrogen) atoms. The first-order chi connectivity index (χ1) is 15.2. The zero-order valence-corrected chi connectivity index (χ0v) is 18.3. The number of amides is 1. The van der Waals surface area contributed by atoms with Gasteiger partial charge in [-0.15, -0.1) is 0 Å². The van der Waals surface area contributed by atoms with Gasteiger partial charge < -0.3 is 14.5 Å². The maximum atomic E-state index is 13.9. The summed E-state index contributed by atoms with van der Waals surface area (Å²) in [6, 6.07) is 19.5. The van der Waals surface area contributed by atoms with Gasteiger partial charge in [0.2, 0.25) is 5.91 Å². The first-order valence-electron chi connectivity index (χ1n) is 11.4. The minimum Gasteiger partial charge on any atom is -0.467 e. The molecule has 0 bridgehead atoms. The molecule has 1 unspecified atom stereocenters. The molecule has 2 aliphatic heterocycles. The average Bonchev–Trinajstić information content (AvgIpc) is 2.85. The van der Waals surface area contributed by atoms with Crippen molar-refractivity contribution >= 4 is 11.9 Å². The van der Waals surface area contributed by atoms with E-state index in [0.29, 0.717) is 19.0 Å². The Morgan fingerprint density at radius 3 is 2.00 bits per heavy atom. The first kappa shape index (κ1) is 21.6. The first-order valence-corrected chi connectivity index (χ1v) is 11.4. The average molecular weight is 421 g/mol. The topological polar surface area (TPSA) is 49.9 Å². The highest BCUT2D eigenvalue weighted by Crippen LogP contribution is 2.32. The molecular weight excluding hydrogens is 388 g/mol. The van der Waals surface area contributed by atoms with Gasteiger partial charge in [0.1, 0.15) is 6.04 Å². The molecule has 1 amide bonds. The molecule has 2 fully saturated rings. The molecule has 0 aliphatic carbocycles. The van der Waals surface area contributed by atoms with Crippen LogP contribution in [0.1, 0.15) is 49.1 Å². The number of hydrogen-bond donors (Lipinski definition) is 0. The van der Waals surface area contributed by atoms with Crippen molar-refractivity contribution in [1.82, 2.24) is 9.80 Å². The minimum atomic E-state index is -0.534. The van der Waals surface area contributed by atoms with Crippen LogP contribution in [0.25, 0.3) is 0 Å². The summed E-state index contributed by atoms with van der Waals surface area (Å²) >= 11 is 0. The monoisotopic (exact) mass is 420 g/mol. The summed E-state index contributed by atoms with van der Waals surface area (Å²) < 4.78 is 5.15. The number of likely N-dealkylation sites (tertiary alicyclic amines) is 2. The highest BCUT2D eigenvalue weighted by atomic mass is 16.5. The fourth-order valence-electron chi connectivity index (χ4n) is 5.12. The number of ether oxygens (including phenoxy) is 1. The highest BCUT2D eigenvalue weighted by molar-refractivity contribution is 5.91. The van der Waals surface area contributed by atoms with Crippen LogP contribution in [0.4, 0.5) is 0 Å². The van der Waals surface area contributed by atoms with Gasteiger partial charge in [-0.2, -0.15) is 0 Å². The molecule has 164 valence electrons. The fraction of sp³-hybridized carbons (Fsp3) is 0.462. The minimum absolute atomic E-state index is 0.0232. The summed E-state index contributed by atoms with van der Waals surface area (Å²) in [6.07, 6.45) is 5.26. The highest BCUT2D eigenvalue weighted by Gasteiger charge is 2.41. The van der Waals surface area contributed by atoms with Crippen LogP contribution in [-0.2, 0) is 14.3 Å². The molecule has 2 saturated heterocycles. The molecule has 2 atom stereocenters. The van der Waals surface area contributed by atoms with Gasteiger partial charge in [-0.1, -0.05) is 67.1 Å². The number of hydrogen-bond acceptors (Lipinski definition) is 4. The van der Waals surface area contributed by atoms with Crippen LogP contribution in [0.3, 0.4) is 0 Å². The normalized spacial score (nSPS) is 22.3. The Balaban J connectivity index is 1.61. The van der Waals surface area contributed by atoms with Crippen molar-refractivity contribution in [2.24, 2.45) is 0 Å². The van der Waals surface area contributed by atoms with E-state index >= 15 is 0 Å². The van der Waals surface area contributed by atoms with Gasteiger partial charge in [0.25, 0.3) is 0 Å². The summed E-state index contributed by atoms with van der Waals surface area (Å²) in [5.74, 6) is -0.763. The quantitative estimate of drug-likeness (QED) is 0.690. The van der Waals surface area contributed by atoms with Crippen molar-refractivity contribution in [1.29, 1.82) is 0 Å². The Kier molecular flexibility index (Phi) is 7.03. The van der Waals surface area contributed by atoms with Crippen molar-refractivity contribution in [2.75, 3.05) is 26.7 Å². The second-order valence-corrected chi connectivity index (χ2v) is 8.60. The van der Waals surface area contributed by atoms with Gasteiger partial charge in [-0.3, -0.25) is 4.79 Å². The maximum absolute atomic E-state index is 13.9. The second kappa shape index (κ2) is 10.1. The SMILES string of the molecule is COC(=O)[C@@H]1CC(N2CCCCC2)CCN1C(=O)C(c1ccccc1)c1ccccc1. The van der Waals surface area contributed by atoms with E-state index < -0.39 is 12.0 Å². The number of carbonyl (C=O) groups excluding carboxylic acids is 2. The van der Waals surface area contributed by atoms with E-state index in [1.807, 2.05) is 60.7 Å². The van der Waals surface area contributed by atoms with Crippen LogP contribution < -0.4 is 0 Å². The number of benzene rings is 2. The summed E-state index contributed by atoms with van der Waals surface area (Å²) in [4.78, 5) is 31.0. The van der Waals surface area contributed by atoms with Crippen molar-refractivity contribution in [3.63, 3.8) is 0 Å². The van der Waals surface area contributed by atoms with Crippen molar-refractivity contribution in [3.8, 4) is 0 Å². The molecule has 2 aromatic carbocycles. The molecule has 0 aromatic heterocycles. The standard InChI is InChI=1S/C26H32N2O3/c1-31-26(30)23-19-22(27-16-9-4-10-17-27)15-18-28(23)25(29)24(20-11-5-2-6-12-20)21-13-7-3-8-14-21/h2-3,5-8,11-14,22-24H,4,9-10,15-19H2,1H3/t22?,23-/m0/s1. The van der Waals surface area contributed by atoms with Gasteiger partial charge in [-0.05, 0) is 49.9 Å². The van der Waals surface area contributed by atoms with Crippen molar-refractivity contribution < 1.29 is 14.3 Å². The van der Waals surface area contributed by atoms with Crippen LogP contribution in [0, 0.1) is 0 Å². The van der Waals surface area contributed by atoms with E-state index in [1.54, 1.807) is 4.90 Å². The number of carbonyl (C=O) groups is 2. The largest absolute Gasteiger partial charge is 0.467 e. The third-order valence-corrected chi connectivity index (χ3v) is 6.75. The van der Waals surface area contributed by atoms with Crippen LogP contribution in [0.2, 0.25) is 0 Å². The summed E-state index contributed by atoms with van der Waals surface area (Å²) in [5, 5.41) is 0. The van der Waals surface area contributed by atoms with E-state index in [2.05, 4.69) is 4.90 Å². The molecule has 0 saturated carbocycles. The van der Waals surface area contributed by atoms with E-state index in [-0.39, 0.29) is 11.9 Å². The fourth-order valence-corrected chi connectivity index (χ4v) is 5.12. The molecule has 4 rings (SSSR count). The van der Waals surface area contributed by atoms with E-state index in [1.165, 1.54) is 26.4 Å². The lowest BCUT2D eigenvalue weighted by Gasteiger charge is -2.44. The third kappa shape index (κ3) is 4.82. The predicted molar refractivity (Wildman–Crippen MR) is 121 cm³/mol. The zero-order chi connectivity index (χ0) is 21.6. The number of rotatable bonds is 5. The zero-order valence-electron chi connectivity index (χ0n) is 18.3. The smallest absolute Gasteiger partial charge is 0.328 e. The summed E-state index contributed by atoms with van der Waals surface area (Å²) in [7, 11) is 1.42. The Labute approximate surface area is 185 Å². The van der Waals surface area contributed by atoms with Crippen LogP contribution in [-0.4, -0.2) is 60.5 Å². The lowest BCUT2D eigenvalue weighted by atomic mass is 9.87. The van der Waals surface area contributed by atoms with Gasteiger partial charge >= 0.3 is 5.97 Å².